The Morgan fingerprint density at radius 3 is 2.88 bits per heavy atom. The molecule has 1 aromatic carbocycles. The van der Waals surface area contributed by atoms with Crippen molar-refractivity contribution in [1.29, 1.82) is 0 Å². The largest absolute Gasteiger partial charge is 0.346 e. The molecular formula is C24H23N7O2. The van der Waals surface area contributed by atoms with Crippen molar-refractivity contribution in [2.75, 3.05) is 13.1 Å². The minimum absolute atomic E-state index is 0.105. The Labute approximate surface area is 188 Å². The molecule has 5 aromatic rings. The molecular weight excluding hydrogens is 418 g/mol. The van der Waals surface area contributed by atoms with E-state index in [1.807, 2.05) is 43.5 Å². The summed E-state index contributed by atoms with van der Waals surface area (Å²) in [5, 5.41) is 8.13. The molecule has 0 unspecified atom stereocenters. The maximum atomic E-state index is 13.3. The first-order valence-corrected chi connectivity index (χ1v) is 11.1. The van der Waals surface area contributed by atoms with Crippen molar-refractivity contribution < 1.29 is 4.79 Å². The van der Waals surface area contributed by atoms with Gasteiger partial charge in [-0.2, -0.15) is 5.10 Å². The Morgan fingerprint density at radius 2 is 2.03 bits per heavy atom. The van der Waals surface area contributed by atoms with Crippen LogP contribution in [0.3, 0.4) is 0 Å². The Morgan fingerprint density at radius 1 is 1.18 bits per heavy atom. The maximum Gasteiger partial charge on any atom is 0.326 e. The van der Waals surface area contributed by atoms with E-state index in [1.165, 1.54) is 5.56 Å². The van der Waals surface area contributed by atoms with Gasteiger partial charge in [0.05, 0.1) is 29.0 Å². The summed E-state index contributed by atoms with van der Waals surface area (Å²) in [6.07, 6.45) is 5.13. The van der Waals surface area contributed by atoms with Crippen LogP contribution < -0.4 is 5.69 Å². The average molecular weight is 441 g/mol. The zero-order valence-electron chi connectivity index (χ0n) is 18.1. The first-order valence-electron chi connectivity index (χ1n) is 11.1. The zero-order valence-corrected chi connectivity index (χ0v) is 18.1. The topological polar surface area (TPSA) is 115 Å². The van der Waals surface area contributed by atoms with E-state index < -0.39 is 0 Å². The lowest BCUT2D eigenvalue weighted by Gasteiger charge is -2.33. The molecule has 0 radical (unpaired) electrons. The van der Waals surface area contributed by atoms with Crippen molar-refractivity contribution in [3.63, 3.8) is 0 Å². The highest BCUT2D eigenvalue weighted by molar-refractivity contribution is 6.01. The first-order chi connectivity index (χ1) is 16.1. The lowest BCUT2D eigenvalue weighted by Crippen LogP contribution is -2.42. The Hall–Kier alpha value is -4.14. The van der Waals surface area contributed by atoms with Crippen LogP contribution in [0.2, 0.25) is 0 Å². The van der Waals surface area contributed by atoms with E-state index in [4.69, 9.17) is 0 Å². The SMILES string of the molecule is Cc1ccc(-c2cc(C(=O)N3CCC[C@@H](n4c(=O)[nH]c5cnc6[nH]ccc6c54)C3)[nH]n2)cc1. The van der Waals surface area contributed by atoms with Crippen LogP contribution >= 0.6 is 0 Å². The van der Waals surface area contributed by atoms with Crippen LogP contribution in [0, 0.1) is 6.92 Å². The summed E-state index contributed by atoms with van der Waals surface area (Å²) in [7, 11) is 0. The summed E-state index contributed by atoms with van der Waals surface area (Å²) < 4.78 is 1.79. The number of aromatic amines is 3. The predicted molar refractivity (Wildman–Crippen MR) is 125 cm³/mol. The highest BCUT2D eigenvalue weighted by Gasteiger charge is 2.29. The van der Waals surface area contributed by atoms with Gasteiger partial charge in [0, 0.05) is 30.2 Å². The van der Waals surface area contributed by atoms with Gasteiger partial charge in [0.2, 0.25) is 0 Å². The predicted octanol–water partition coefficient (Wildman–Crippen LogP) is 3.38. The number of H-pyrrole nitrogens is 3. The molecule has 1 aliphatic rings. The van der Waals surface area contributed by atoms with Crippen molar-refractivity contribution in [2.45, 2.75) is 25.8 Å². The van der Waals surface area contributed by atoms with Gasteiger partial charge in [-0.15, -0.1) is 0 Å². The number of nitrogens with zero attached hydrogens (tertiary/aromatic N) is 4. The molecule has 9 heteroatoms. The molecule has 33 heavy (non-hydrogen) atoms. The van der Waals surface area contributed by atoms with Crippen molar-refractivity contribution in [3.05, 3.63) is 70.5 Å². The van der Waals surface area contributed by atoms with Gasteiger partial charge in [0.25, 0.3) is 5.91 Å². The van der Waals surface area contributed by atoms with Crippen molar-refractivity contribution in [2.24, 2.45) is 0 Å². The number of nitrogens with one attached hydrogen (secondary N) is 3. The van der Waals surface area contributed by atoms with Crippen LogP contribution in [0.1, 0.15) is 34.9 Å². The number of carbonyl (C=O) groups is 1. The molecule has 0 bridgehead atoms. The smallest absolute Gasteiger partial charge is 0.326 e. The second kappa shape index (κ2) is 7.47. The molecule has 1 amide bonds. The number of carbonyl (C=O) groups excluding carboxylic acids is 1. The lowest BCUT2D eigenvalue weighted by atomic mass is 10.0. The number of aromatic nitrogens is 6. The van der Waals surface area contributed by atoms with Crippen LogP contribution in [-0.4, -0.2) is 53.6 Å². The number of rotatable bonds is 3. The summed E-state index contributed by atoms with van der Waals surface area (Å²) in [6, 6.07) is 11.6. The summed E-state index contributed by atoms with van der Waals surface area (Å²) in [5.74, 6) is -0.105. The highest BCUT2D eigenvalue weighted by atomic mass is 16.2. The van der Waals surface area contributed by atoms with E-state index in [0.29, 0.717) is 24.3 Å². The highest BCUT2D eigenvalue weighted by Crippen LogP contribution is 2.28. The maximum absolute atomic E-state index is 13.3. The lowest BCUT2D eigenvalue weighted by molar-refractivity contribution is 0.0674. The third kappa shape index (κ3) is 3.24. The fourth-order valence-electron chi connectivity index (χ4n) is 4.79. The molecule has 0 spiro atoms. The molecule has 1 atom stereocenters. The molecule has 5 heterocycles. The number of likely N-dealkylation sites (tertiary alicyclic amines) is 1. The van der Waals surface area contributed by atoms with Crippen molar-refractivity contribution in [1.82, 2.24) is 34.6 Å². The molecule has 1 fully saturated rings. The van der Waals surface area contributed by atoms with Crippen LogP contribution in [0.4, 0.5) is 0 Å². The molecule has 0 saturated carbocycles. The number of piperidine rings is 1. The zero-order chi connectivity index (χ0) is 22.5. The fourth-order valence-corrected chi connectivity index (χ4v) is 4.79. The summed E-state index contributed by atoms with van der Waals surface area (Å²) >= 11 is 0. The van der Waals surface area contributed by atoms with Gasteiger partial charge in [0.1, 0.15) is 11.3 Å². The number of aryl methyl sites for hydroxylation is 1. The Kier molecular flexibility index (Phi) is 4.42. The van der Waals surface area contributed by atoms with E-state index >= 15 is 0 Å². The normalized spacial score (nSPS) is 16.6. The van der Waals surface area contributed by atoms with Crippen LogP contribution in [0.15, 0.2) is 53.6 Å². The molecule has 1 saturated heterocycles. The number of pyridine rings is 1. The van der Waals surface area contributed by atoms with Crippen LogP contribution in [0.5, 0.6) is 0 Å². The summed E-state index contributed by atoms with van der Waals surface area (Å²) in [5.41, 5.74) is 5.41. The molecule has 1 aliphatic heterocycles. The second-order valence-electron chi connectivity index (χ2n) is 8.64. The number of hydrogen-bond donors (Lipinski definition) is 3. The van der Waals surface area contributed by atoms with Crippen LogP contribution in [-0.2, 0) is 0 Å². The Bertz CT molecular complexity index is 1540. The van der Waals surface area contributed by atoms with Gasteiger partial charge < -0.3 is 14.9 Å². The molecule has 0 aliphatic carbocycles. The average Bonchev–Trinajstić information content (AvgIpc) is 3.56. The van der Waals surface area contributed by atoms with Gasteiger partial charge in [-0.1, -0.05) is 29.8 Å². The molecule has 166 valence electrons. The van der Waals surface area contributed by atoms with Crippen molar-refractivity contribution in [3.8, 4) is 11.3 Å². The number of imidazole rings is 1. The number of fused-ring (bicyclic) bond motifs is 3. The monoisotopic (exact) mass is 441 g/mol. The van der Waals surface area contributed by atoms with Gasteiger partial charge in [-0.3, -0.25) is 14.5 Å². The Balaban J connectivity index is 1.30. The van der Waals surface area contributed by atoms with Gasteiger partial charge in [0.15, 0.2) is 0 Å². The number of amides is 1. The molecule has 6 rings (SSSR count). The molecule has 4 aromatic heterocycles. The van der Waals surface area contributed by atoms with E-state index in [-0.39, 0.29) is 17.6 Å². The van der Waals surface area contributed by atoms with E-state index in [9.17, 15) is 9.59 Å². The quantitative estimate of drug-likeness (QED) is 0.398. The number of benzene rings is 1. The van der Waals surface area contributed by atoms with Crippen molar-refractivity contribution >= 4 is 28.0 Å². The number of hydrogen-bond acceptors (Lipinski definition) is 4. The van der Waals surface area contributed by atoms with Gasteiger partial charge >= 0.3 is 5.69 Å². The van der Waals surface area contributed by atoms with E-state index in [2.05, 4.69) is 25.1 Å². The third-order valence-electron chi connectivity index (χ3n) is 6.46. The van der Waals surface area contributed by atoms with Gasteiger partial charge in [-0.05, 0) is 31.9 Å². The minimum atomic E-state index is -0.178. The first kappa shape index (κ1) is 19.5. The fraction of sp³-hybridized carbons (Fsp3) is 0.250. The standard InChI is InChI=1S/C24H23N7O2/c1-14-4-6-15(7-5-14)18-11-19(29-28-18)23(32)30-10-2-3-16(13-30)31-21-17-8-9-25-22(17)26-12-20(21)27-24(31)33/h4-9,11-12,16H,2-3,10,13H2,1H3,(H,25,26)(H,27,33)(H,28,29)/t16-/m1/s1. The molecule has 9 nitrogen and oxygen atoms in total. The minimum Gasteiger partial charge on any atom is -0.346 e. The third-order valence-corrected chi connectivity index (χ3v) is 6.46. The van der Waals surface area contributed by atoms with Gasteiger partial charge in [-0.25, -0.2) is 9.78 Å². The van der Waals surface area contributed by atoms with Crippen LogP contribution in [0.25, 0.3) is 33.3 Å². The van der Waals surface area contributed by atoms with E-state index in [0.717, 1.165) is 40.6 Å². The van der Waals surface area contributed by atoms with E-state index in [1.54, 1.807) is 21.7 Å². The molecule has 3 N–H and O–H groups in total. The summed E-state index contributed by atoms with van der Waals surface area (Å²) in [6.45, 7) is 3.14. The second-order valence-corrected chi connectivity index (χ2v) is 8.64. The summed E-state index contributed by atoms with van der Waals surface area (Å²) in [4.78, 5) is 38.4.